The molecule has 0 fully saturated rings. The van der Waals surface area contributed by atoms with Gasteiger partial charge in [0.15, 0.2) is 0 Å². The highest BCUT2D eigenvalue weighted by Gasteiger charge is 2.12. The van der Waals surface area contributed by atoms with Crippen LogP contribution in [0.15, 0.2) is 72.7 Å². The average Bonchev–Trinajstić information content (AvgIpc) is 3.17. The Bertz CT molecular complexity index is 1300. The third-order valence-electron chi connectivity index (χ3n) is 3.95. The molecule has 0 unspecified atom stereocenters. The van der Waals surface area contributed by atoms with Gasteiger partial charge in [-0.3, -0.25) is 15.5 Å². The number of rotatable bonds is 5. The maximum Gasteiger partial charge on any atom is 0.345 e. The van der Waals surface area contributed by atoms with Gasteiger partial charge in [0.05, 0.1) is 22.4 Å². The van der Waals surface area contributed by atoms with E-state index in [-0.39, 0.29) is 5.69 Å². The van der Waals surface area contributed by atoms with E-state index in [1.54, 1.807) is 35.7 Å². The summed E-state index contributed by atoms with van der Waals surface area (Å²) < 4.78 is 6.25. The first-order valence-electron chi connectivity index (χ1n) is 8.22. The Morgan fingerprint density at radius 1 is 1.21 bits per heavy atom. The summed E-state index contributed by atoms with van der Waals surface area (Å²) in [6, 6.07) is 13.1. The first-order chi connectivity index (χ1) is 14.0. The van der Waals surface area contributed by atoms with Crippen LogP contribution in [-0.4, -0.2) is 16.1 Å². The number of nitro benzene ring substituents is 1. The monoisotopic (exact) mass is 470 g/mol. The predicted octanol–water partition coefficient (Wildman–Crippen LogP) is 5.03. The summed E-state index contributed by atoms with van der Waals surface area (Å²) in [7, 11) is 0. The number of halogens is 1. The second-order valence-electron chi connectivity index (χ2n) is 5.89. The SMILES string of the molecule is O=c1oc2ccc(Br)cc2cc1-c1csc(N/N=C\c2ccc([N+](=O)[O-])cc2)n1. The second-order valence-corrected chi connectivity index (χ2v) is 7.66. The molecule has 144 valence electrons. The van der Waals surface area contributed by atoms with Crippen molar-refractivity contribution >= 4 is 55.3 Å². The lowest BCUT2D eigenvalue weighted by Crippen LogP contribution is -2.03. The first-order valence-corrected chi connectivity index (χ1v) is 9.90. The average molecular weight is 471 g/mol. The van der Waals surface area contributed by atoms with Gasteiger partial charge in [0.1, 0.15) is 5.58 Å². The Hall–Kier alpha value is -3.37. The van der Waals surface area contributed by atoms with Crippen LogP contribution in [0.1, 0.15) is 5.56 Å². The minimum Gasteiger partial charge on any atom is -0.422 e. The third-order valence-corrected chi connectivity index (χ3v) is 5.19. The standard InChI is InChI=1S/C19H11BrN4O4S/c20-13-3-6-17-12(7-13)8-15(18(25)28-17)16-10-29-19(22-16)23-21-9-11-1-4-14(5-2-11)24(26)27/h1-10H,(H,22,23)/b21-9-. The van der Waals surface area contributed by atoms with Gasteiger partial charge in [0.2, 0.25) is 5.13 Å². The lowest BCUT2D eigenvalue weighted by Gasteiger charge is -2.00. The molecule has 10 heteroatoms. The number of hydrazone groups is 1. The molecule has 0 aliphatic rings. The summed E-state index contributed by atoms with van der Waals surface area (Å²) in [5.74, 6) is 0. The van der Waals surface area contributed by atoms with E-state index >= 15 is 0 Å². The molecule has 2 aromatic carbocycles. The summed E-state index contributed by atoms with van der Waals surface area (Å²) in [5.41, 5.74) is 4.38. The zero-order valence-corrected chi connectivity index (χ0v) is 16.9. The van der Waals surface area contributed by atoms with Crippen molar-refractivity contribution in [1.29, 1.82) is 0 Å². The van der Waals surface area contributed by atoms with Crippen molar-refractivity contribution in [2.75, 3.05) is 5.43 Å². The van der Waals surface area contributed by atoms with Gasteiger partial charge in [0, 0.05) is 27.4 Å². The number of hydrogen-bond acceptors (Lipinski definition) is 8. The smallest absolute Gasteiger partial charge is 0.345 e. The number of non-ortho nitro benzene ring substituents is 1. The van der Waals surface area contributed by atoms with Gasteiger partial charge >= 0.3 is 5.63 Å². The molecule has 1 N–H and O–H groups in total. The fourth-order valence-electron chi connectivity index (χ4n) is 2.57. The molecule has 0 saturated heterocycles. The van der Waals surface area contributed by atoms with Crippen molar-refractivity contribution in [2.45, 2.75) is 0 Å². The van der Waals surface area contributed by atoms with Crippen molar-refractivity contribution in [2.24, 2.45) is 5.10 Å². The Morgan fingerprint density at radius 3 is 2.76 bits per heavy atom. The van der Waals surface area contributed by atoms with E-state index in [4.69, 9.17) is 4.42 Å². The van der Waals surface area contributed by atoms with E-state index in [1.807, 2.05) is 6.07 Å². The molecule has 0 bridgehead atoms. The largest absolute Gasteiger partial charge is 0.422 e. The molecule has 2 heterocycles. The minimum absolute atomic E-state index is 0.0147. The Balaban J connectivity index is 1.52. The van der Waals surface area contributed by atoms with Gasteiger partial charge in [0.25, 0.3) is 5.69 Å². The molecule has 0 spiro atoms. The molecule has 0 atom stereocenters. The molecule has 0 radical (unpaired) electrons. The van der Waals surface area contributed by atoms with Gasteiger partial charge < -0.3 is 4.42 Å². The van der Waals surface area contributed by atoms with E-state index in [1.165, 1.54) is 29.7 Å². The highest BCUT2D eigenvalue weighted by atomic mass is 79.9. The summed E-state index contributed by atoms with van der Waals surface area (Å²) in [6.45, 7) is 0. The van der Waals surface area contributed by atoms with Crippen LogP contribution in [0.4, 0.5) is 10.8 Å². The fourth-order valence-corrected chi connectivity index (χ4v) is 3.60. The number of nitrogens with one attached hydrogen (secondary N) is 1. The number of benzene rings is 2. The molecule has 29 heavy (non-hydrogen) atoms. The van der Waals surface area contributed by atoms with Crippen molar-refractivity contribution in [3.8, 4) is 11.3 Å². The van der Waals surface area contributed by atoms with Crippen LogP contribution >= 0.6 is 27.3 Å². The van der Waals surface area contributed by atoms with Crippen LogP contribution in [0, 0.1) is 10.1 Å². The molecular formula is C19H11BrN4O4S. The molecule has 2 aromatic heterocycles. The zero-order chi connectivity index (χ0) is 20.4. The van der Waals surface area contributed by atoms with Crippen LogP contribution in [0.2, 0.25) is 0 Å². The van der Waals surface area contributed by atoms with Crippen LogP contribution in [0.5, 0.6) is 0 Å². The quantitative estimate of drug-likeness (QED) is 0.189. The third kappa shape index (κ3) is 4.23. The first kappa shape index (κ1) is 19.0. The van der Waals surface area contributed by atoms with Gasteiger partial charge in [-0.05, 0) is 42.0 Å². The molecular weight excluding hydrogens is 460 g/mol. The van der Waals surface area contributed by atoms with E-state index in [2.05, 4.69) is 31.4 Å². The van der Waals surface area contributed by atoms with Crippen LogP contribution < -0.4 is 11.1 Å². The van der Waals surface area contributed by atoms with E-state index < -0.39 is 10.5 Å². The number of hydrogen-bond donors (Lipinski definition) is 1. The van der Waals surface area contributed by atoms with Crippen LogP contribution in [-0.2, 0) is 0 Å². The highest BCUT2D eigenvalue weighted by molar-refractivity contribution is 9.10. The predicted molar refractivity (Wildman–Crippen MR) is 116 cm³/mol. The maximum absolute atomic E-state index is 12.3. The summed E-state index contributed by atoms with van der Waals surface area (Å²) in [4.78, 5) is 26.9. The zero-order valence-electron chi connectivity index (χ0n) is 14.5. The van der Waals surface area contributed by atoms with Gasteiger partial charge in [-0.15, -0.1) is 11.3 Å². The van der Waals surface area contributed by atoms with Crippen molar-refractivity contribution in [1.82, 2.24) is 4.98 Å². The summed E-state index contributed by atoms with van der Waals surface area (Å²) in [6.07, 6.45) is 1.52. The Morgan fingerprint density at radius 2 is 2.00 bits per heavy atom. The Kier molecular flexibility index (Phi) is 5.19. The van der Waals surface area contributed by atoms with Crippen molar-refractivity contribution in [3.63, 3.8) is 0 Å². The Labute approximate surface area is 175 Å². The second kappa shape index (κ2) is 7.94. The van der Waals surface area contributed by atoms with E-state index in [0.717, 1.165) is 9.86 Å². The molecule has 0 aliphatic heterocycles. The molecule has 0 amide bonds. The highest BCUT2D eigenvalue weighted by Crippen LogP contribution is 2.26. The normalized spacial score (nSPS) is 11.2. The van der Waals surface area contributed by atoms with E-state index in [0.29, 0.717) is 27.5 Å². The van der Waals surface area contributed by atoms with Gasteiger partial charge in [-0.2, -0.15) is 5.10 Å². The number of nitrogens with zero attached hydrogens (tertiary/aromatic N) is 3. The number of fused-ring (bicyclic) bond motifs is 1. The molecule has 4 aromatic rings. The molecule has 0 aliphatic carbocycles. The minimum atomic E-state index is -0.467. The van der Waals surface area contributed by atoms with Crippen molar-refractivity contribution < 1.29 is 9.34 Å². The number of thiazole rings is 1. The lowest BCUT2D eigenvalue weighted by atomic mass is 10.1. The molecule has 8 nitrogen and oxygen atoms in total. The fraction of sp³-hybridized carbons (Fsp3) is 0. The number of aromatic nitrogens is 1. The lowest BCUT2D eigenvalue weighted by molar-refractivity contribution is -0.384. The summed E-state index contributed by atoms with van der Waals surface area (Å²) >= 11 is 4.69. The van der Waals surface area contributed by atoms with Crippen LogP contribution in [0.25, 0.3) is 22.2 Å². The van der Waals surface area contributed by atoms with Gasteiger partial charge in [-0.25, -0.2) is 9.78 Å². The van der Waals surface area contributed by atoms with E-state index in [9.17, 15) is 14.9 Å². The van der Waals surface area contributed by atoms with Crippen molar-refractivity contribution in [3.05, 3.63) is 84.5 Å². The number of nitro groups is 1. The topological polar surface area (TPSA) is 111 Å². The van der Waals surface area contributed by atoms with Crippen LogP contribution in [0.3, 0.4) is 0 Å². The van der Waals surface area contributed by atoms with Gasteiger partial charge in [-0.1, -0.05) is 15.9 Å². The maximum atomic E-state index is 12.3. The molecule has 4 rings (SSSR count). The summed E-state index contributed by atoms with van der Waals surface area (Å²) in [5, 5.41) is 17.8. The number of anilines is 1. The molecule has 0 saturated carbocycles.